The molecule has 0 aromatic carbocycles. The van der Waals surface area contributed by atoms with Gasteiger partial charge in [-0.1, -0.05) is 0 Å². The molecule has 0 spiro atoms. The summed E-state index contributed by atoms with van der Waals surface area (Å²) in [5, 5.41) is 6.56. The largest absolute Gasteiger partial charge is 0.328 e. The molecule has 94 valence electrons. The highest BCUT2D eigenvalue weighted by Crippen LogP contribution is 2.24. The Balaban J connectivity index is 3.12. The average molecular weight is 228 g/mol. The normalized spacial score (nSPS) is 34.6. The summed E-state index contributed by atoms with van der Waals surface area (Å²) in [4.78, 5) is 10.8. The molecule has 0 aromatic heterocycles. The van der Waals surface area contributed by atoms with Crippen molar-refractivity contribution in [3.8, 4) is 0 Å². The first-order valence-electron chi connectivity index (χ1n) is 5.44. The van der Waals surface area contributed by atoms with E-state index >= 15 is 0 Å². The minimum Gasteiger partial charge on any atom is -0.328 e. The monoisotopic (exact) mass is 228 g/mol. The highest BCUT2D eigenvalue weighted by Gasteiger charge is 2.45. The summed E-state index contributed by atoms with van der Waals surface area (Å²) in [5.41, 5.74) is 0. The predicted octanol–water partition coefficient (Wildman–Crippen LogP) is -0.823. The van der Waals surface area contributed by atoms with Gasteiger partial charge in [-0.3, -0.25) is 15.2 Å². The van der Waals surface area contributed by atoms with Gasteiger partial charge in [-0.05, 0) is 35.1 Å². The molecule has 0 amide bonds. The maximum atomic E-state index is 4.28. The predicted molar refractivity (Wildman–Crippen MR) is 67.0 cm³/mol. The maximum Gasteiger partial charge on any atom is 0.198 e. The topological polar surface area (TPSA) is 46.1 Å². The summed E-state index contributed by atoms with van der Waals surface area (Å²) in [6.45, 7) is 2.17. The van der Waals surface area contributed by atoms with E-state index in [1.807, 2.05) is 14.1 Å². The van der Waals surface area contributed by atoms with Gasteiger partial charge < -0.3 is 10.2 Å². The number of guanidine groups is 1. The van der Waals surface area contributed by atoms with Crippen molar-refractivity contribution in [3.63, 3.8) is 0 Å². The van der Waals surface area contributed by atoms with Gasteiger partial charge in [0, 0.05) is 14.1 Å². The van der Waals surface area contributed by atoms with Crippen LogP contribution in [0, 0.1) is 0 Å². The van der Waals surface area contributed by atoms with Gasteiger partial charge in [0.25, 0.3) is 0 Å². The van der Waals surface area contributed by atoms with Crippen LogP contribution in [0.15, 0.2) is 4.99 Å². The molecule has 1 fully saturated rings. The second kappa shape index (κ2) is 4.57. The minimum atomic E-state index is -0.215. The summed E-state index contributed by atoms with van der Waals surface area (Å²) < 4.78 is 0. The first-order chi connectivity index (χ1) is 7.39. The van der Waals surface area contributed by atoms with Crippen LogP contribution in [0.4, 0.5) is 0 Å². The van der Waals surface area contributed by atoms with Gasteiger partial charge in [-0.2, -0.15) is 0 Å². The summed E-state index contributed by atoms with van der Waals surface area (Å²) in [6.07, 6.45) is 0.0716. The van der Waals surface area contributed by atoms with Crippen molar-refractivity contribution in [2.45, 2.75) is 19.0 Å². The number of hydrogen-bond donors (Lipinski definition) is 2. The van der Waals surface area contributed by atoms with E-state index in [-0.39, 0.29) is 12.1 Å². The second-order valence-corrected chi connectivity index (χ2v) is 4.42. The van der Waals surface area contributed by atoms with Crippen LogP contribution < -0.4 is 10.6 Å². The fourth-order valence-electron chi connectivity index (χ4n) is 2.09. The van der Waals surface area contributed by atoms with E-state index in [1.54, 1.807) is 7.05 Å². The number of nitrogens with zero attached hydrogens (tertiary/aromatic N) is 4. The molecule has 1 heterocycles. The van der Waals surface area contributed by atoms with Crippen LogP contribution in [-0.2, 0) is 0 Å². The lowest BCUT2D eigenvalue weighted by Crippen LogP contribution is -2.78. The van der Waals surface area contributed by atoms with Crippen LogP contribution in [0.3, 0.4) is 0 Å². The maximum absolute atomic E-state index is 4.28. The molecule has 1 aliphatic rings. The van der Waals surface area contributed by atoms with Crippen LogP contribution in [-0.4, -0.2) is 75.0 Å². The van der Waals surface area contributed by atoms with Crippen molar-refractivity contribution < 1.29 is 0 Å². The van der Waals surface area contributed by atoms with Crippen molar-refractivity contribution in [1.82, 2.24) is 25.3 Å². The van der Waals surface area contributed by atoms with Gasteiger partial charge >= 0.3 is 0 Å². The molecule has 0 radical (unpaired) electrons. The molecule has 2 N–H and O–H groups in total. The van der Waals surface area contributed by atoms with Gasteiger partial charge in [0.1, 0.15) is 6.29 Å². The standard InChI is InChI=1S/C10H24N6/c1-10(14(4)5)15(6)8(11-2)13-9(12-3)16(10)7/h8,11H,1-7H3,(H,12,13). The quantitative estimate of drug-likeness (QED) is 0.646. The Hall–Kier alpha value is -0.850. The van der Waals surface area contributed by atoms with Gasteiger partial charge in [-0.25, -0.2) is 4.90 Å². The molecular weight excluding hydrogens is 204 g/mol. The lowest BCUT2D eigenvalue weighted by atomic mass is 10.2. The Labute approximate surface area is 98.3 Å². The molecule has 1 aliphatic heterocycles. The Morgan fingerprint density at radius 2 is 2.00 bits per heavy atom. The van der Waals surface area contributed by atoms with E-state index in [4.69, 9.17) is 0 Å². The highest BCUT2D eigenvalue weighted by atomic mass is 15.7. The van der Waals surface area contributed by atoms with Crippen molar-refractivity contribution in [3.05, 3.63) is 0 Å². The molecule has 0 aliphatic carbocycles. The number of hydrogen-bond acceptors (Lipinski definition) is 4. The zero-order chi connectivity index (χ0) is 12.5. The fraction of sp³-hybridized carbons (Fsp3) is 0.900. The molecule has 1 rings (SSSR count). The minimum absolute atomic E-state index is 0.0716. The van der Waals surface area contributed by atoms with Crippen LogP contribution >= 0.6 is 0 Å². The Kier molecular flexibility index (Phi) is 3.77. The average Bonchev–Trinajstić information content (AvgIpc) is 2.26. The van der Waals surface area contributed by atoms with E-state index < -0.39 is 0 Å². The van der Waals surface area contributed by atoms with Gasteiger partial charge in [-0.15, -0.1) is 0 Å². The SMILES string of the molecule is CN=C1NC(NC)N(C)C(C)(N(C)C)N1C. The molecular formula is C10H24N6. The van der Waals surface area contributed by atoms with Crippen molar-refractivity contribution in [2.75, 3.05) is 42.3 Å². The molecule has 2 unspecified atom stereocenters. The Bertz CT molecular complexity index is 276. The molecule has 1 saturated heterocycles. The zero-order valence-corrected chi connectivity index (χ0v) is 11.4. The van der Waals surface area contributed by atoms with Gasteiger partial charge in [0.2, 0.25) is 0 Å². The highest BCUT2D eigenvalue weighted by molar-refractivity contribution is 5.81. The number of aliphatic imine (C=N–C) groups is 1. The van der Waals surface area contributed by atoms with Crippen LogP contribution in [0.1, 0.15) is 6.92 Å². The second-order valence-electron chi connectivity index (χ2n) is 4.42. The summed E-state index contributed by atoms with van der Waals surface area (Å²) in [5.74, 6) is 0.668. The van der Waals surface area contributed by atoms with Crippen LogP contribution in [0.5, 0.6) is 0 Å². The molecule has 6 nitrogen and oxygen atoms in total. The van der Waals surface area contributed by atoms with E-state index in [2.05, 4.69) is 58.4 Å². The fourth-order valence-corrected chi connectivity index (χ4v) is 2.09. The third-order valence-electron chi connectivity index (χ3n) is 3.61. The zero-order valence-electron chi connectivity index (χ0n) is 11.4. The van der Waals surface area contributed by atoms with Crippen LogP contribution in [0.25, 0.3) is 0 Å². The molecule has 2 atom stereocenters. The third-order valence-corrected chi connectivity index (χ3v) is 3.61. The number of rotatable bonds is 2. The van der Waals surface area contributed by atoms with E-state index in [9.17, 15) is 0 Å². The van der Waals surface area contributed by atoms with Crippen LogP contribution in [0.2, 0.25) is 0 Å². The molecule has 0 bridgehead atoms. The van der Waals surface area contributed by atoms with Crippen molar-refractivity contribution in [1.29, 1.82) is 0 Å². The molecule has 0 aromatic rings. The smallest absolute Gasteiger partial charge is 0.198 e. The van der Waals surface area contributed by atoms with E-state index in [0.29, 0.717) is 0 Å². The first-order valence-corrected chi connectivity index (χ1v) is 5.44. The number of nitrogens with one attached hydrogen (secondary N) is 2. The molecule has 16 heavy (non-hydrogen) atoms. The van der Waals surface area contributed by atoms with Gasteiger partial charge in [0.15, 0.2) is 11.7 Å². The summed E-state index contributed by atoms with van der Waals surface area (Å²) in [7, 11) is 12.0. The summed E-state index contributed by atoms with van der Waals surface area (Å²) >= 11 is 0. The lowest BCUT2D eigenvalue weighted by molar-refractivity contribution is -0.131. The van der Waals surface area contributed by atoms with Gasteiger partial charge in [0.05, 0.1) is 0 Å². The Morgan fingerprint density at radius 1 is 1.44 bits per heavy atom. The molecule has 0 saturated carbocycles. The van der Waals surface area contributed by atoms with Crippen molar-refractivity contribution >= 4 is 5.96 Å². The third kappa shape index (κ3) is 1.77. The lowest BCUT2D eigenvalue weighted by Gasteiger charge is -2.56. The molecule has 6 heteroatoms. The van der Waals surface area contributed by atoms with E-state index in [1.165, 1.54) is 0 Å². The summed E-state index contributed by atoms with van der Waals surface area (Å²) in [6, 6.07) is 0. The van der Waals surface area contributed by atoms with Crippen molar-refractivity contribution in [2.24, 2.45) is 4.99 Å². The Morgan fingerprint density at radius 3 is 2.38 bits per heavy atom. The van der Waals surface area contributed by atoms with E-state index in [0.717, 1.165) is 5.96 Å². The first kappa shape index (κ1) is 13.2.